The van der Waals surface area contributed by atoms with E-state index in [2.05, 4.69) is 0 Å². The van der Waals surface area contributed by atoms with Gasteiger partial charge in [0, 0.05) is 5.39 Å². The summed E-state index contributed by atoms with van der Waals surface area (Å²) in [5.41, 5.74) is -12.8. The summed E-state index contributed by atoms with van der Waals surface area (Å²) in [5.74, 6) is -74.9. The van der Waals surface area contributed by atoms with Gasteiger partial charge in [0.05, 0.1) is 22.1 Å². The predicted molar refractivity (Wildman–Crippen MR) is 90.4 cm³/mol. The molecule has 0 fully saturated rings. The molecule has 0 unspecified atom stereocenters. The third kappa shape index (κ3) is 4.45. The largest absolute Gasteiger partial charge is 0.478 e. The first-order valence-electron chi connectivity index (χ1n) is 9.77. The molecule has 44 heavy (non-hydrogen) atoms. The Morgan fingerprint density at radius 3 is 1.11 bits per heavy atom. The zero-order valence-corrected chi connectivity index (χ0v) is 19.0. The molecule has 25 heteroatoms. The van der Waals surface area contributed by atoms with Crippen molar-refractivity contribution in [1.82, 2.24) is 0 Å². The van der Waals surface area contributed by atoms with E-state index < -0.39 is 110 Å². The summed E-state index contributed by atoms with van der Waals surface area (Å²) in [5, 5.41) is 2.48. The SMILES string of the molecule is O=C(O)c1c(C(F)(F)F)c(C(F)(F)C(F)(F)C(F)(F)C(F)(F)C(F)(F)C(F)(F)C(F)(F)F)c(F)c2c(F)c(F)c(F)c(F)c12. The maximum atomic E-state index is 14.9. The van der Waals surface area contributed by atoms with Gasteiger partial charge in [-0.2, -0.15) is 79.0 Å². The molecule has 0 aromatic heterocycles. The van der Waals surface area contributed by atoms with Crippen LogP contribution < -0.4 is 0 Å². The first kappa shape index (κ1) is 36.8. The maximum absolute atomic E-state index is 14.9. The van der Waals surface area contributed by atoms with Gasteiger partial charge >= 0.3 is 53.9 Å². The van der Waals surface area contributed by atoms with Crippen LogP contribution in [0.2, 0.25) is 0 Å². The predicted octanol–water partition coefficient (Wildman–Crippen LogP) is 9.08. The van der Waals surface area contributed by atoms with Crippen molar-refractivity contribution in [3.8, 4) is 0 Å². The molecule has 0 bridgehead atoms. The van der Waals surface area contributed by atoms with Gasteiger partial charge in [-0.25, -0.2) is 26.7 Å². The molecule has 250 valence electrons. The monoisotopic (exact) mass is 698 g/mol. The van der Waals surface area contributed by atoms with Crippen LogP contribution in [-0.4, -0.2) is 46.9 Å². The van der Waals surface area contributed by atoms with E-state index in [9.17, 15) is 106 Å². The summed E-state index contributed by atoms with van der Waals surface area (Å²) in [6.07, 6.45) is -15.4. The Hall–Kier alpha value is -3.44. The normalized spacial score (nSPS) is 14.9. The molecule has 0 aliphatic rings. The molecule has 1 N–H and O–H groups in total. The van der Waals surface area contributed by atoms with Crippen molar-refractivity contribution < 1.29 is 111 Å². The molecular formula is C19HF23O2. The Balaban J connectivity index is 3.26. The molecule has 2 aromatic rings. The van der Waals surface area contributed by atoms with Crippen LogP contribution in [0.1, 0.15) is 21.5 Å². The van der Waals surface area contributed by atoms with Crippen molar-refractivity contribution >= 4 is 16.7 Å². The summed E-state index contributed by atoms with van der Waals surface area (Å²) in [6, 6.07) is 0. The Kier molecular flexibility index (Phi) is 8.17. The molecule has 0 aliphatic heterocycles. The van der Waals surface area contributed by atoms with E-state index in [-0.39, 0.29) is 0 Å². The first-order chi connectivity index (χ1) is 19.1. The molecule has 0 amide bonds. The van der Waals surface area contributed by atoms with Crippen LogP contribution in [0.4, 0.5) is 101 Å². The number of alkyl halides is 18. The van der Waals surface area contributed by atoms with Crippen LogP contribution in [-0.2, 0) is 12.1 Å². The zero-order valence-electron chi connectivity index (χ0n) is 19.0. The number of fused-ring (bicyclic) bond motifs is 1. The molecule has 0 saturated carbocycles. The quantitative estimate of drug-likeness (QED) is 0.178. The number of rotatable bonds is 7. The number of hydrogen-bond donors (Lipinski definition) is 1. The van der Waals surface area contributed by atoms with Crippen LogP contribution in [0.15, 0.2) is 0 Å². The lowest BCUT2D eigenvalue weighted by Crippen LogP contribution is -2.72. The summed E-state index contributed by atoms with van der Waals surface area (Å²) in [4.78, 5) is 11.4. The molecule has 2 aromatic carbocycles. The van der Waals surface area contributed by atoms with Gasteiger partial charge in [0.25, 0.3) is 0 Å². The highest BCUT2D eigenvalue weighted by atomic mass is 19.4. The minimum atomic E-state index is -9.15. The molecule has 0 spiro atoms. The molecule has 0 radical (unpaired) electrons. The fourth-order valence-electron chi connectivity index (χ4n) is 3.47. The summed E-state index contributed by atoms with van der Waals surface area (Å²) in [6.45, 7) is 0. The molecule has 0 saturated heterocycles. The average molecular weight is 698 g/mol. The molecule has 0 atom stereocenters. The van der Waals surface area contributed by atoms with Gasteiger partial charge in [0.2, 0.25) is 0 Å². The Morgan fingerprint density at radius 1 is 0.432 bits per heavy atom. The highest BCUT2D eigenvalue weighted by Gasteiger charge is 2.93. The average Bonchev–Trinajstić information content (AvgIpc) is 2.82. The summed E-state index contributed by atoms with van der Waals surface area (Å²) >= 11 is 0. The van der Waals surface area contributed by atoms with Crippen LogP contribution in [0.25, 0.3) is 10.8 Å². The van der Waals surface area contributed by atoms with Gasteiger partial charge in [-0.15, -0.1) is 0 Å². The van der Waals surface area contributed by atoms with Gasteiger partial charge in [0.1, 0.15) is 5.82 Å². The number of aromatic carboxylic acids is 1. The second kappa shape index (κ2) is 9.78. The molecule has 0 heterocycles. The van der Waals surface area contributed by atoms with Crippen molar-refractivity contribution in [2.24, 2.45) is 0 Å². The Morgan fingerprint density at radius 2 is 0.773 bits per heavy atom. The summed E-state index contributed by atoms with van der Waals surface area (Å²) < 4.78 is 315. The van der Waals surface area contributed by atoms with Crippen molar-refractivity contribution in [3.63, 3.8) is 0 Å². The van der Waals surface area contributed by atoms with E-state index in [1.807, 2.05) is 0 Å². The smallest absolute Gasteiger partial charge is 0.460 e. The lowest BCUT2D eigenvalue weighted by atomic mass is 9.83. The number of halogens is 23. The van der Waals surface area contributed by atoms with E-state index in [1.165, 1.54) is 0 Å². The van der Waals surface area contributed by atoms with E-state index in [0.29, 0.717) is 0 Å². The first-order valence-corrected chi connectivity index (χ1v) is 9.77. The van der Waals surface area contributed by atoms with Crippen LogP contribution in [0, 0.1) is 29.1 Å². The van der Waals surface area contributed by atoms with Crippen LogP contribution >= 0.6 is 0 Å². The molecule has 0 aliphatic carbocycles. The van der Waals surface area contributed by atoms with Crippen molar-refractivity contribution in [1.29, 1.82) is 0 Å². The van der Waals surface area contributed by atoms with Crippen LogP contribution in [0.3, 0.4) is 0 Å². The van der Waals surface area contributed by atoms with E-state index >= 15 is 0 Å². The van der Waals surface area contributed by atoms with Crippen molar-refractivity contribution in [2.45, 2.75) is 47.9 Å². The van der Waals surface area contributed by atoms with Gasteiger partial charge in [-0.05, 0) is 0 Å². The fourth-order valence-corrected chi connectivity index (χ4v) is 3.47. The van der Waals surface area contributed by atoms with Gasteiger partial charge in [-0.3, -0.25) is 0 Å². The highest BCUT2D eigenvalue weighted by molar-refractivity contribution is 6.06. The topological polar surface area (TPSA) is 37.3 Å². The van der Waals surface area contributed by atoms with Gasteiger partial charge < -0.3 is 5.11 Å². The van der Waals surface area contributed by atoms with Gasteiger partial charge in [-0.1, -0.05) is 0 Å². The van der Waals surface area contributed by atoms with E-state index in [1.54, 1.807) is 0 Å². The molecule has 2 nitrogen and oxygen atoms in total. The minimum Gasteiger partial charge on any atom is -0.478 e. The molecular weight excluding hydrogens is 697 g/mol. The standard InChI is InChI=1S/C19HF23O2/c20-6-3-1(7(21)9(23)10(24)8(3)22)2(11(43)44)4(13(27,28)29)5(6)12(25,26)14(30,31)15(32,33)16(34,35)17(36,37)18(38,39)19(40,41)42/h(H,43,44). The van der Waals surface area contributed by atoms with E-state index in [0.717, 1.165) is 0 Å². The second-order valence-corrected chi connectivity index (χ2v) is 8.19. The van der Waals surface area contributed by atoms with Crippen molar-refractivity contribution in [2.75, 3.05) is 0 Å². The number of carboxylic acid groups (broad SMARTS) is 1. The second-order valence-electron chi connectivity index (χ2n) is 8.19. The lowest BCUT2D eigenvalue weighted by molar-refractivity contribution is -0.454. The summed E-state index contributed by atoms with van der Waals surface area (Å²) in [7, 11) is 0. The number of benzene rings is 2. The minimum absolute atomic E-state index is 3.09. The van der Waals surface area contributed by atoms with Crippen LogP contribution in [0.5, 0.6) is 0 Å². The molecule has 2 rings (SSSR count). The number of carbonyl (C=O) groups is 1. The zero-order chi connectivity index (χ0) is 35.4. The van der Waals surface area contributed by atoms with Crippen molar-refractivity contribution in [3.05, 3.63) is 45.8 Å². The maximum Gasteiger partial charge on any atom is 0.460 e. The lowest BCUT2D eigenvalue weighted by Gasteiger charge is -2.42. The fraction of sp³-hybridized carbons (Fsp3) is 0.421. The Bertz CT molecular complexity index is 1510. The Labute approximate surface area is 222 Å². The highest BCUT2D eigenvalue weighted by Crippen LogP contribution is 2.65. The third-order valence-electron chi connectivity index (χ3n) is 5.60. The van der Waals surface area contributed by atoms with E-state index in [4.69, 9.17) is 5.11 Å². The number of carboxylic acids is 1. The third-order valence-corrected chi connectivity index (χ3v) is 5.60. The number of hydrogen-bond acceptors (Lipinski definition) is 1. The van der Waals surface area contributed by atoms with Gasteiger partial charge in [0.15, 0.2) is 23.3 Å².